The Balaban J connectivity index is 2.15. The normalized spacial score (nSPS) is 19.8. The van der Waals surface area contributed by atoms with Crippen LogP contribution in [0.25, 0.3) is 0 Å². The van der Waals surface area contributed by atoms with Crippen molar-refractivity contribution in [1.82, 2.24) is 4.90 Å². The summed E-state index contributed by atoms with van der Waals surface area (Å²) < 4.78 is 19.8. The van der Waals surface area contributed by atoms with Crippen LogP contribution in [-0.4, -0.2) is 35.4 Å². The molecule has 1 aliphatic heterocycles. The Labute approximate surface area is 115 Å². The number of likely N-dealkylation sites (tertiary alicyclic amines) is 1. The number of benzene rings is 1. The molecule has 1 aromatic carbocycles. The minimum atomic E-state index is -0.665. The van der Waals surface area contributed by atoms with Crippen molar-refractivity contribution in [2.75, 3.05) is 13.1 Å². The van der Waals surface area contributed by atoms with Gasteiger partial charge in [0.25, 0.3) is 0 Å². The van der Waals surface area contributed by atoms with Gasteiger partial charge in [-0.1, -0.05) is 6.07 Å². The van der Waals surface area contributed by atoms with Gasteiger partial charge in [0.15, 0.2) is 17.8 Å². The first-order chi connectivity index (χ1) is 8.59. The van der Waals surface area contributed by atoms with E-state index in [9.17, 15) is 9.50 Å². The quantitative estimate of drug-likeness (QED) is 0.927. The van der Waals surface area contributed by atoms with Gasteiger partial charge in [-0.2, -0.15) is 0 Å². The predicted molar refractivity (Wildman–Crippen MR) is 71.0 cm³/mol. The van der Waals surface area contributed by atoms with E-state index in [2.05, 4.69) is 15.9 Å². The molecule has 2 unspecified atom stereocenters. The molecule has 18 heavy (non-hydrogen) atoms. The van der Waals surface area contributed by atoms with Crippen LogP contribution in [0.15, 0.2) is 22.7 Å². The Morgan fingerprint density at radius 2 is 2.06 bits per heavy atom. The summed E-state index contributed by atoms with van der Waals surface area (Å²) in [7, 11) is 0. The number of halogens is 2. The zero-order valence-electron chi connectivity index (χ0n) is 10.3. The molecule has 1 aliphatic rings. The topological polar surface area (TPSA) is 32.7 Å². The van der Waals surface area contributed by atoms with E-state index in [4.69, 9.17) is 4.74 Å². The summed E-state index contributed by atoms with van der Waals surface area (Å²) in [6, 6.07) is 4.91. The molecule has 0 bridgehead atoms. The summed E-state index contributed by atoms with van der Waals surface area (Å²) in [6.45, 7) is 3.43. The maximum atomic E-state index is 13.8. The van der Waals surface area contributed by atoms with E-state index >= 15 is 0 Å². The first kappa shape index (κ1) is 13.8. The lowest BCUT2D eigenvalue weighted by Crippen LogP contribution is -2.45. The molecule has 2 rings (SSSR count). The number of aliphatic hydroxyl groups is 1. The average Bonchev–Trinajstić information content (AvgIpc) is 2.84. The molecular weight excluding hydrogens is 301 g/mol. The number of aliphatic hydroxyl groups excluding tert-OH is 1. The number of hydrogen-bond acceptors (Lipinski definition) is 3. The number of rotatable bonds is 4. The smallest absolute Gasteiger partial charge is 0.179 e. The van der Waals surface area contributed by atoms with Gasteiger partial charge in [0.1, 0.15) is 6.10 Å². The van der Waals surface area contributed by atoms with Gasteiger partial charge in [-0.05, 0) is 47.8 Å². The lowest BCUT2D eigenvalue weighted by atomic mass is 10.3. The first-order valence-electron chi connectivity index (χ1n) is 6.12. The van der Waals surface area contributed by atoms with E-state index in [0.29, 0.717) is 4.47 Å². The molecule has 0 aliphatic carbocycles. The van der Waals surface area contributed by atoms with Crippen LogP contribution in [-0.2, 0) is 0 Å². The van der Waals surface area contributed by atoms with E-state index in [1.54, 1.807) is 25.1 Å². The van der Waals surface area contributed by atoms with Crippen LogP contribution in [0.5, 0.6) is 5.75 Å². The van der Waals surface area contributed by atoms with Crippen LogP contribution in [0, 0.1) is 5.82 Å². The Kier molecular flexibility index (Phi) is 4.59. The van der Waals surface area contributed by atoms with Crippen molar-refractivity contribution in [3.05, 3.63) is 28.5 Å². The fraction of sp³-hybridized carbons (Fsp3) is 0.538. The monoisotopic (exact) mass is 317 g/mol. The number of hydrogen-bond donors (Lipinski definition) is 1. The lowest BCUT2D eigenvalue weighted by molar-refractivity contribution is -0.0494. The van der Waals surface area contributed by atoms with Crippen LogP contribution < -0.4 is 4.74 Å². The molecule has 100 valence electrons. The highest BCUT2D eigenvalue weighted by Crippen LogP contribution is 2.27. The third kappa shape index (κ3) is 3.02. The first-order valence-corrected chi connectivity index (χ1v) is 6.91. The minimum Gasteiger partial charge on any atom is -0.469 e. The van der Waals surface area contributed by atoms with Gasteiger partial charge in [0.2, 0.25) is 0 Å². The highest BCUT2D eigenvalue weighted by atomic mass is 79.9. The van der Waals surface area contributed by atoms with Crippen molar-refractivity contribution in [2.45, 2.75) is 32.1 Å². The largest absolute Gasteiger partial charge is 0.469 e. The second-order valence-electron chi connectivity index (χ2n) is 4.54. The number of nitrogens with zero attached hydrogens (tertiary/aromatic N) is 1. The number of ether oxygens (including phenoxy) is 1. The van der Waals surface area contributed by atoms with Crippen molar-refractivity contribution in [3.8, 4) is 5.75 Å². The van der Waals surface area contributed by atoms with E-state index in [-0.39, 0.29) is 5.75 Å². The van der Waals surface area contributed by atoms with Crippen LogP contribution in [0.1, 0.15) is 19.8 Å². The standard InChI is InChI=1S/C13H17BrFNO2/c1-9(17)13(16-7-2-3-8-16)18-11-6-4-5-10(14)12(11)15/h4-6,9,13,17H,2-3,7-8H2,1H3. The molecule has 5 heteroatoms. The van der Waals surface area contributed by atoms with Gasteiger partial charge in [0.05, 0.1) is 4.47 Å². The Hall–Kier alpha value is -0.650. The fourth-order valence-electron chi connectivity index (χ4n) is 2.18. The zero-order chi connectivity index (χ0) is 13.1. The third-order valence-corrected chi connectivity index (χ3v) is 3.69. The van der Waals surface area contributed by atoms with Crippen molar-refractivity contribution >= 4 is 15.9 Å². The molecule has 0 amide bonds. The summed E-state index contributed by atoms with van der Waals surface area (Å²) in [5.41, 5.74) is 0. The van der Waals surface area contributed by atoms with Gasteiger partial charge in [-0.25, -0.2) is 4.39 Å². The van der Waals surface area contributed by atoms with Gasteiger partial charge in [0, 0.05) is 13.1 Å². The van der Waals surface area contributed by atoms with Gasteiger partial charge >= 0.3 is 0 Å². The maximum Gasteiger partial charge on any atom is 0.179 e. The van der Waals surface area contributed by atoms with Crippen molar-refractivity contribution in [1.29, 1.82) is 0 Å². The van der Waals surface area contributed by atoms with Gasteiger partial charge < -0.3 is 9.84 Å². The van der Waals surface area contributed by atoms with Crippen LogP contribution >= 0.6 is 15.9 Å². The summed E-state index contributed by atoms with van der Waals surface area (Å²) >= 11 is 3.13. The van der Waals surface area contributed by atoms with Crippen LogP contribution in [0.4, 0.5) is 4.39 Å². The summed E-state index contributed by atoms with van der Waals surface area (Å²) in [6.07, 6.45) is 1.03. The average molecular weight is 318 g/mol. The maximum absolute atomic E-state index is 13.8. The zero-order valence-corrected chi connectivity index (χ0v) is 11.9. The third-order valence-electron chi connectivity index (χ3n) is 3.08. The molecule has 2 atom stereocenters. The second kappa shape index (κ2) is 5.99. The molecule has 0 saturated carbocycles. The van der Waals surface area contributed by atoms with Crippen LogP contribution in [0.3, 0.4) is 0 Å². The van der Waals surface area contributed by atoms with Gasteiger partial charge in [-0.15, -0.1) is 0 Å². The van der Waals surface area contributed by atoms with Crippen molar-refractivity contribution in [2.24, 2.45) is 0 Å². The Morgan fingerprint density at radius 1 is 1.39 bits per heavy atom. The molecule has 1 N–H and O–H groups in total. The molecule has 1 aromatic rings. The fourth-order valence-corrected chi connectivity index (χ4v) is 2.53. The summed E-state index contributed by atoms with van der Waals surface area (Å²) in [5, 5.41) is 9.79. The molecule has 0 radical (unpaired) electrons. The Morgan fingerprint density at radius 3 is 2.67 bits per heavy atom. The molecular formula is C13H17BrFNO2. The van der Waals surface area contributed by atoms with Crippen molar-refractivity contribution in [3.63, 3.8) is 0 Å². The van der Waals surface area contributed by atoms with Gasteiger partial charge in [-0.3, -0.25) is 4.90 Å². The molecule has 0 aromatic heterocycles. The van der Waals surface area contributed by atoms with Crippen molar-refractivity contribution < 1.29 is 14.2 Å². The predicted octanol–water partition coefficient (Wildman–Crippen LogP) is 2.77. The highest BCUT2D eigenvalue weighted by molar-refractivity contribution is 9.10. The summed E-state index contributed by atoms with van der Waals surface area (Å²) in [5.74, 6) is -0.260. The highest BCUT2D eigenvalue weighted by Gasteiger charge is 2.28. The molecule has 1 heterocycles. The minimum absolute atomic E-state index is 0.169. The molecule has 1 fully saturated rings. The van der Waals surface area contributed by atoms with E-state index in [1.807, 2.05) is 4.90 Å². The molecule has 0 spiro atoms. The second-order valence-corrected chi connectivity index (χ2v) is 5.40. The molecule has 1 saturated heterocycles. The van der Waals surface area contributed by atoms with E-state index in [0.717, 1.165) is 25.9 Å². The summed E-state index contributed by atoms with van der Waals surface area (Å²) in [4.78, 5) is 2.05. The SMILES string of the molecule is CC(O)C(Oc1cccc(Br)c1F)N1CCCC1. The van der Waals surface area contributed by atoms with E-state index in [1.165, 1.54) is 0 Å². The lowest BCUT2D eigenvalue weighted by Gasteiger charge is -2.30. The van der Waals surface area contributed by atoms with Crippen LogP contribution in [0.2, 0.25) is 0 Å². The van der Waals surface area contributed by atoms with E-state index < -0.39 is 18.1 Å². The Bertz CT molecular complexity index is 408. The molecule has 3 nitrogen and oxygen atoms in total.